The first-order chi connectivity index (χ1) is 26.7. The number of benzene rings is 3. The van der Waals surface area contributed by atoms with Gasteiger partial charge in [0.1, 0.15) is 21.5 Å². The van der Waals surface area contributed by atoms with Crippen molar-refractivity contribution in [2.24, 2.45) is 15.1 Å². The number of hydrogen-bond donors (Lipinski definition) is 2. The number of anilines is 1. The third-order valence-corrected chi connectivity index (χ3v) is 12.4. The molecule has 57 heavy (non-hydrogen) atoms. The van der Waals surface area contributed by atoms with Crippen LogP contribution in [0.2, 0.25) is 0 Å². The molecule has 0 radical (unpaired) electrons. The van der Waals surface area contributed by atoms with E-state index in [-0.39, 0.29) is 39.3 Å². The monoisotopic (exact) mass is 820 g/mol. The highest BCUT2D eigenvalue weighted by Gasteiger charge is 2.45. The molecular weight excluding hydrogens is 775 g/mol. The molecule has 0 unspecified atom stereocenters. The molecule has 16 heteroatoms. The van der Waals surface area contributed by atoms with Gasteiger partial charge in [0.15, 0.2) is 5.84 Å². The van der Waals surface area contributed by atoms with Gasteiger partial charge >= 0.3 is 12.2 Å². The number of thioether (sulfide) groups is 1. The Kier molecular flexibility index (Phi) is 10.4. The summed E-state index contributed by atoms with van der Waals surface area (Å²) in [6.45, 7) is 11.6. The second kappa shape index (κ2) is 14.8. The molecule has 2 amide bonds. The van der Waals surface area contributed by atoms with Crippen LogP contribution in [0.1, 0.15) is 77.5 Å². The normalized spacial score (nSPS) is 21.3. The highest BCUT2D eigenvalue weighted by atomic mass is 32.2. The van der Waals surface area contributed by atoms with Crippen LogP contribution in [-0.4, -0.2) is 83.9 Å². The van der Waals surface area contributed by atoms with Crippen molar-refractivity contribution in [2.45, 2.75) is 94.2 Å². The molecule has 3 N–H and O–H groups in total. The molecule has 7 rings (SSSR count). The fourth-order valence-corrected chi connectivity index (χ4v) is 9.58. The van der Waals surface area contributed by atoms with E-state index in [0.29, 0.717) is 59.5 Å². The number of likely N-dealkylation sites (tertiary alicyclic amines) is 1. The zero-order valence-electron chi connectivity index (χ0n) is 32.6. The molecule has 0 bridgehead atoms. The van der Waals surface area contributed by atoms with Gasteiger partial charge < -0.3 is 25.4 Å². The van der Waals surface area contributed by atoms with Crippen LogP contribution in [0.3, 0.4) is 0 Å². The number of nitrogens with two attached hydrogens (primary N) is 1. The highest BCUT2D eigenvalue weighted by molar-refractivity contribution is 8.00. The van der Waals surface area contributed by atoms with E-state index >= 15 is 8.78 Å². The number of hydrogen-bond acceptors (Lipinski definition) is 10. The summed E-state index contributed by atoms with van der Waals surface area (Å²) >= 11 is 1.38. The number of aliphatic imine (C=N–C) groups is 1. The predicted molar refractivity (Wildman–Crippen MR) is 219 cm³/mol. The van der Waals surface area contributed by atoms with E-state index in [4.69, 9.17) is 15.2 Å². The van der Waals surface area contributed by atoms with Crippen LogP contribution in [0, 0.1) is 0 Å². The standard InChI is InChI=1S/C41H46F2N6O6S2/c1-39(2,3)54-37(50)48-16-7-9-27(48)22-45-23-32(44)26-11-14-29-28-13-10-24(19-30(28)41(42,43)31(29)20-26)25-12-15-34-33(21-25)46-35(47-57(34,52)53)36-49(17-8-18-56-36)38(51)55-40(4,5)6/h10-15,19-23,27,36H,7-9,16-18,44H2,1-6H3,(H,46,47)/b32-23-,45-22?/t27-,36-/m0/s1. The zero-order chi connectivity index (χ0) is 41.1. The number of halogens is 2. The first-order valence-electron chi connectivity index (χ1n) is 18.8. The Morgan fingerprint density at radius 1 is 0.912 bits per heavy atom. The number of amides is 2. The number of alkyl halides is 2. The number of ether oxygens (including phenoxy) is 2. The first-order valence-corrected chi connectivity index (χ1v) is 21.2. The first kappa shape index (κ1) is 40.2. The molecule has 12 nitrogen and oxygen atoms in total. The van der Waals surface area contributed by atoms with Gasteiger partial charge in [-0.05, 0) is 119 Å². The predicted octanol–water partition coefficient (Wildman–Crippen LogP) is 8.41. The SMILES string of the molecule is CC(C)(C)OC(=O)N1CCC[C@H]1C=N/C=C(\N)c1ccc2c(c1)C(F)(F)c1cc(-c3ccc4c(c3)NC([C@@H]3SCCCN3C(=O)OC(C)(C)C)=NS4(=O)=O)ccc1-2. The Morgan fingerprint density at radius 3 is 2.23 bits per heavy atom. The fourth-order valence-electron chi connectivity index (χ4n) is 7.22. The minimum Gasteiger partial charge on any atom is -0.444 e. The molecule has 3 heterocycles. The third-order valence-electron chi connectivity index (χ3n) is 9.77. The quantitative estimate of drug-likeness (QED) is 0.241. The molecule has 2 saturated heterocycles. The lowest BCUT2D eigenvalue weighted by Crippen LogP contribution is -2.50. The summed E-state index contributed by atoms with van der Waals surface area (Å²) < 4.78 is 74.6. The highest BCUT2D eigenvalue weighted by Crippen LogP contribution is 2.52. The number of carbonyl (C=O) groups excluding carboxylic acids is 2. The number of nitrogens with one attached hydrogen (secondary N) is 1. The van der Waals surface area contributed by atoms with Crippen molar-refractivity contribution in [3.8, 4) is 22.3 Å². The summed E-state index contributed by atoms with van der Waals surface area (Å²) in [5.74, 6) is -2.61. The second-order valence-corrected chi connectivity index (χ2v) is 19.2. The molecule has 0 aromatic heterocycles. The second-order valence-electron chi connectivity index (χ2n) is 16.4. The average Bonchev–Trinajstić information content (AvgIpc) is 3.69. The molecular formula is C41H46F2N6O6S2. The lowest BCUT2D eigenvalue weighted by Gasteiger charge is -2.37. The number of fused-ring (bicyclic) bond motifs is 4. The van der Waals surface area contributed by atoms with Gasteiger partial charge in [-0.2, -0.15) is 17.2 Å². The van der Waals surface area contributed by atoms with Crippen LogP contribution in [-0.2, 0) is 25.4 Å². The van der Waals surface area contributed by atoms with Crippen LogP contribution in [0.25, 0.3) is 28.0 Å². The molecule has 3 aromatic carbocycles. The minimum absolute atomic E-state index is 0.0651. The summed E-state index contributed by atoms with van der Waals surface area (Å²) in [7, 11) is -4.15. The largest absolute Gasteiger partial charge is 0.444 e. The maximum absolute atomic E-state index is 16.3. The van der Waals surface area contributed by atoms with Crippen molar-refractivity contribution < 1.29 is 36.3 Å². The molecule has 3 aliphatic heterocycles. The van der Waals surface area contributed by atoms with Gasteiger partial charge in [0.05, 0.1) is 23.6 Å². The van der Waals surface area contributed by atoms with Crippen molar-refractivity contribution in [3.63, 3.8) is 0 Å². The smallest absolute Gasteiger partial charge is 0.411 e. The summed E-state index contributed by atoms with van der Waals surface area (Å²) in [6, 6.07) is 13.7. The molecule has 2 atom stereocenters. The lowest BCUT2D eigenvalue weighted by molar-refractivity contribution is 0.0250. The molecule has 1 aliphatic carbocycles. The van der Waals surface area contributed by atoms with E-state index in [1.807, 2.05) is 0 Å². The maximum atomic E-state index is 16.3. The van der Waals surface area contributed by atoms with Crippen LogP contribution >= 0.6 is 11.8 Å². The number of carbonyl (C=O) groups is 2. The number of sulfonamides is 1. The number of amidine groups is 1. The van der Waals surface area contributed by atoms with Gasteiger partial charge in [-0.15, -0.1) is 16.2 Å². The maximum Gasteiger partial charge on any atom is 0.411 e. The van der Waals surface area contributed by atoms with Crippen LogP contribution in [0.5, 0.6) is 0 Å². The van der Waals surface area contributed by atoms with Crippen molar-refractivity contribution in [3.05, 3.63) is 77.5 Å². The van der Waals surface area contributed by atoms with Crippen LogP contribution in [0.15, 0.2) is 75.1 Å². The van der Waals surface area contributed by atoms with Gasteiger partial charge in [0.2, 0.25) is 0 Å². The minimum atomic E-state index is -4.15. The Bertz CT molecular complexity index is 2330. The number of rotatable bonds is 5. The Morgan fingerprint density at radius 2 is 1.53 bits per heavy atom. The topological polar surface area (TPSA) is 156 Å². The van der Waals surface area contributed by atoms with Crippen LogP contribution < -0.4 is 11.1 Å². The molecule has 0 saturated carbocycles. The number of nitrogens with zero attached hydrogens (tertiary/aromatic N) is 4. The van der Waals surface area contributed by atoms with E-state index in [2.05, 4.69) is 14.7 Å². The Balaban J connectivity index is 1.11. The molecule has 2 fully saturated rings. The van der Waals surface area contributed by atoms with Gasteiger partial charge in [-0.1, -0.05) is 30.3 Å². The molecule has 3 aromatic rings. The summed E-state index contributed by atoms with van der Waals surface area (Å²) in [6.07, 6.45) is 4.24. The fraction of sp³-hybridized carbons (Fsp3) is 0.415. The third kappa shape index (κ3) is 8.24. The van der Waals surface area contributed by atoms with Gasteiger partial charge in [-0.25, -0.2) is 9.59 Å². The Labute approximate surface area is 335 Å². The van der Waals surface area contributed by atoms with Crippen molar-refractivity contribution in [1.29, 1.82) is 0 Å². The van der Waals surface area contributed by atoms with E-state index in [0.717, 1.165) is 6.42 Å². The van der Waals surface area contributed by atoms with Crippen molar-refractivity contribution in [1.82, 2.24) is 9.80 Å². The van der Waals surface area contributed by atoms with E-state index in [1.165, 1.54) is 41.1 Å². The van der Waals surface area contributed by atoms with Crippen LogP contribution in [0.4, 0.5) is 24.1 Å². The Hall–Kier alpha value is -4.96. The summed E-state index contributed by atoms with van der Waals surface area (Å²) in [5.41, 5.74) is 7.06. The zero-order valence-corrected chi connectivity index (χ0v) is 34.3. The average molecular weight is 821 g/mol. The van der Waals surface area contributed by atoms with E-state index < -0.39 is 44.7 Å². The summed E-state index contributed by atoms with van der Waals surface area (Å²) in [4.78, 5) is 33.1. The van der Waals surface area contributed by atoms with Gasteiger partial charge in [-0.3, -0.25) is 9.89 Å². The lowest BCUT2D eigenvalue weighted by atomic mass is 9.98. The summed E-state index contributed by atoms with van der Waals surface area (Å²) in [5, 5.41) is 2.39. The van der Waals surface area contributed by atoms with E-state index in [1.54, 1.807) is 89.1 Å². The molecule has 0 spiro atoms. The van der Waals surface area contributed by atoms with Gasteiger partial charge in [0, 0.05) is 30.4 Å². The van der Waals surface area contributed by atoms with E-state index in [9.17, 15) is 18.0 Å². The molecule has 4 aliphatic rings. The van der Waals surface area contributed by atoms with Crippen molar-refractivity contribution in [2.75, 3.05) is 24.2 Å². The molecule has 302 valence electrons. The van der Waals surface area contributed by atoms with Crippen molar-refractivity contribution >= 4 is 57.4 Å². The van der Waals surface area contributed by atoms with Gasteiger partial charge in [0.25, 0.3) is 15.9 Å².